The first-order valence-corrected chi connectivity index (χ1v) is 9.68. The quantitative estimate of drug-likeness (QED) is 0.301. The number of allylic oxidation sites excluding steroid dienone is 2. The van der Waals surface area contributed by atoms with Crippen molar-refractivity contribution in [3.8, 4) is 0 Å². The number of aliphatic carboxylic acids is 1. The summed E-state index contributed by atoms with van der Waals surface area (Å²) in [6, 6.07) is 0. The Morgan fingerprint density at radius 3 is 2.81 bits per heavy atom. The standard InChI is InChI=1S/C20H31FO5.Na.H/c1-2-3-4-7-14(22)10-11-17-16-12-15(8-5-6-9-19(23)24)26-18(16)13-20(17,21)25;;/h8,10-11,14,16-18,22,25H,2-7,9,12-13H2,1H3,(H,23,24);;. The van der Waals surface area contributed by atoms with E-state index in [4.69, 9.17) is 9.84 Å². The molecule has 2 rings (SSSR count). The van der Waals surface area contributed by atoms with Crippen LogP contribution in [0.1, 0.15) is 64.7 Å². The molecule has 0 spiro atoms. The van der Waals surface area contributed by atoms with Crippen LogP contribution in [0.25, 0.3) is 0 Å². The molecule has 0 amide bonds. The molecule has 0 aromatic carbocycles. The van der Waals surface area contributed by atoms with Crippen LogP contribution in [0.3, 0.4) is 0 Å². The minimum atomic E-state index is -2.32. The van der Waals surface area contributed by atoms with Crippen LogP contribution in [-0.4, -0.2) is 68.9 Å². The molecule has 7 heteroatoms. The fraction of sp³-hybridized carbons (Fsp3) is 0.750. The maximum atomic E-state index is 14.5. The predicted octanol–water partition coefficient (Wildman–Crippen LogP) is 3.06. The molecule has 5 unspecified atom stereocenters. The van der Waals surface area contributed by atoms with Crippen molar-refractivity contribution in [2.75, 3.05) is 0 Å². The summed E-state index contributed by atoms with van der Waals surface area (Å²) in [6.07, 6.45) is 9.49. The number of halogens is 1. The van der Waals surface area contributed by atoms with Crippen LogP contribution in [0.5, 0.6) is 0 Å². The van der Waals surface area contributed by atoms with E-state index < -0.39 is 23.8 Å². The molecule has 0 bridgehead atoms. The van der Waals surface area contributed by atoms with E-state index in [1.54, 1.807) is 12.2 Å². The van der Waals surface area contributed by atoms with Crippen LogP contribution in [0.4, 0.5) is 4.39 Å². The summed E-state index contributed by atoms with van der Waals surface area (Å²) < 4.78 is 20.3. The van der Waals surface area contributed by atoms with Crippen molar-refractivity contribution < 1.29 is 29.2 Å². The SMILES string of the molecule is CCCCCC(O)C=CC1C2CC(=CCCCC(=O)O)OC2CC1(O)F.[NaH]. The molecule has 27 heavy (non-hydrogen) atoms. The van der Waals surface area contributed by atoms with Crippen molar-refractivity contribution in [2.45, 2.75) is 82.8 Å². The Labute approximate surface area is 183 Å². The Hall–Kier alpha value is -0.400. The predicted molar refractivity (Wildman–Crippen MR) is 103 cm³/mol. The van der Waals surface area contributed by atoms with E-state index in [0.717, 1.165) is 25.0 Å². The summed E-state index contributed by atoms with van der Waals surface area (Å²) in [7, 11) is 0. The molecule has 1 saturated heterocycles. The Balaban J connectivity index is 0.00000364. The first-order valence-electron chi connectivity index (χ1n) is 9.68. The molecule has 1 aliphatic heterocycles. The van der Waals surface area contributed by atoms with E-state index in [2.05, 4.69) is 6.92 Å². The average molecular weight is 394 g/mol. The van der Waals surface area contributed by atoms with E-state index in [1.165, 1.54) is 0 Å². The van der Waals surface area contributed by atoms with Gasteiger partial charge in [0, 0.05) is 31.1 Å². The van der Waals surface area contributed by atoms with Gasteiger partial charge in [-0.15, -0.1) is 0 Å². The summed E-state index contributed by atoms with van der Waals surface area (Å²) in [5.41, 5.74) is 0. The minimum absolute atomic E-state index is 0. The Bertz CT molecular complexity index is 534. The Kier molecular flexibility index (Phi) is 10.6. The molecule has 0 aromatic heterocycles. The zero-order valence-electron chi connectivity index (χ0n) is 15.4. The summed E-state index contributed by atoms with van der Waals surface area (Å²) in [5, 5.41) is 28.7. The summed E-state index contributed by atoms with van der Waals surface area (Å²) in [4.78, 5) is 10.5. The Morgan fingerprint density at radius 1 is 1.41 bits per heavy atom. The van der Waals surface area contributed by atoms with Crippen molar-refractivity contribution in [3.63, 3.8) is 0 Å². The van der Waals surface area contributed by atoms with Gasteiger partial charge in [-0.2, -0.15) is 0 Å². The molecule has 150 valence electrons. The van der Waals surface area contributed by atoms with Gasteiger partial charge in [0.25, 0.3) is 0 Å². The van der Waals surface area contributed by atoms with E-state index in [-0.39, 0.29) is 54.4 Å². The van der Waals surface area contributed by atoms with Gasteiger partial charge in [0.1, 0.15) is 6.10 Å². The molecular formula is C20H32FNaO5. The van der Waals surface area contributed by atoms with E-state index in [1.807, 2.05) is 6.08 Å². The first-order chi connectivity index (χ1) is 12.3. The number of carboxylic acids is 1. The number of hydrogen-bond donors (Lipinski definition) is 3. The number of alkyl halides is 1. The maximum absolute atomic E-state index is 14.5. The van der Waals surface area contributed by atoms with Crippen LogP contribution >= 0.6 is 0 Å². The van der Waals surface area contributed by atoms with Gasteiger partial charge in [0.15, 0.2) is 0 Å². The van der Waals surface area contributed by atoms with Crippen molar-refractivity contribution in [1.82, 2.24) is 0 Å². The van der Waals surface area contributed by atoms with Gasteiger partial charge in [-0.1, -0.05) is 38.3 Å². The van der Waals surface area contributed by atoms with Crippen LogP contribution in [0, 0.1) is 11.8 Å². The zero-order valence-corrected chi connectivity index (χ0v) is 15.4. The molecule has 2 fully saturated rings. The third kappa shape index (κ3) is 7.50. The van der Waals surface area contributed by atoms with Crippen LogP contribution in [-0.2, 0) is 9.53 Å². The number of aliphatic hydroxyl groups is 2. The molecule has 1 saturated carbocycles. The number of unbranched alkanes of at least 4 members (excludes halogenated alkanes) is 3. The van der Waals surface area contributed by atoms with E-state index >= 15 is 0 Å². The first kappa shape index (κ1) is 24.6. The molecule has 2 aliphatic rings. The monoisotopic (exact) mass is 394 g/mol. The summed E-state index contributed by atoms with van der Waals surface area (Å²) in [5.74, 6) is -3.24. The fourth-order valence-corrected chi connectivity index (χ4v) is 3.88. The van der Waals surface area contributed by atoms with Crippen molar-refractivity contribution in [1.29, 1.82) is 0 Å². The van der Waals surface area contributed by atoms with E-state index in [0.29, 0.717) is 25.7 Å². The molecule has 5 nitrogen and oxygen atoms in total. The molecule has 1 aliphatic carbocycles. The number of carboxylic acid groups (broad SMARTS) is 1. The van der Waals surface area contributed by atoms with Crippen molar-refractivity contribution in [2.24, 2.45) is 11.8 Å². The van der Waals surface area contributed by atoms with Gasteiger partial charge < -0.3 is 20.1 Å². The van der Waals surface area contributed by atoms with Crippen molar-refractivity contribution >= 4 is 35.5 Å². The van der Waals surface area contributed by atoms with Gasteiger partial charge in [0.2, 0.25) is 5.85 Å². The third-order valence-electron chi connectivity index (χ3n) is 5.29. The van der Waals surface area contributed by atoms with Crippen molar-refractivity contribution in [3.05, 3.63) is 24.0 Å². The van der Waals surface area contributed by atoms with Crippen LogP contribution < -0.4 is 0 Å². The number of aliphatic hydroxyl groups excluding tert-OH is 1. The van der Waals surface area contributed by atoms with Gasteiger partial charge in [0.05, 0.1) is 11.9 Å². The molecule has 0 aromatic rings. The topological polar surface area (TPSA) is 87.0 Å². The Morgan fingerprint density at radius 2 is 2.15 bits per heavy atom. The normalized spacial score (nSPS) is 32.3. The number of rotatable bonds is 10. The molecule has 1 heterocycles. The summed E-state index contributed by atoms with van der Waals surface area (Å²) >= 11 is 0. The fourth-order valence-electron chi connectivity index (χ4n) is 3.88. The second kappa shape index (κ2) is 11.6. The van der Waals surface area contributed by atoms with Gasteiger partial charge in [-0.3, -0.25) is 4.79 Å². The second-order valence-electron chi connectivity index (χ2n) is 7.48. The molecule has 3 N–H and O–H groups in total. The van der Waals surface area contributed by atoms with E-state index in [9.17, 15) is 19.4 Å². The van der Waals surface area contributed by atoms with Gasteiger partial charge in [-0.25, -0.2) is 4.39 Å². The third-order valence-corrected chi connectivity index (χ3v) is 5.29. The zero-order chi connectivity index (χ0) is 19.2. The number of hydrogen-bond acceptors (Lipinski definition) is 4. The molecule has 5 atom stereocenters. The number of carbonyl (C=O) groups is 1. The number of ether oxygens (including phenoxy) is 1. The number of fused-ring (bicyclic) bond motifs is 1. The summed E-state index contributed by atoms with van der Waals surface area (Å²) in [6.45, 7) is 2.09. The average Bonchev–Trinajstić information content (AvgIpc) is 3.03. The molecular weight excluding hydrogens is 362 g/mol. The molecule has 0 radical (unpaired) electrons. The van der Waals surface area contributed by atoms with Crippen LogP contribution in [0.15, 0.2) is 24.0 Å². The van der Waals surface area contributed by atoms with Gasteiger partial charge >= 0.3 is 35.5 Å². The van der Waals surface area contributed by atoms with Gasteiger partial charge in [-0.05, 0) is 25.3 Å². The second-order valence-corrected chi connectivity index (χ2v) is 7.48. The van der Waals surface area contributed by atoms with Crippen LogP contribution in [0.2, 0.25) is 0 Å².